The maximum Gasteiger partial charge on any atom is 0.0964 e. The average molecular weight is 318 g/mol. The first-order valence-corrected chi connectivity index (χ1v) is 8.46. The van der Waals surface area contributed by atoms with Crippen LogP contribution in [0, 0.1) is 6.92 Å². The smallest absolute Gasteiger partial charge is 0.0964 e. The van der Waals surface area contributed by atoms with Crippen LogP contribution in [0.15, 0.2) is 48.8 Å². The fraction of sp³-hybridized carbons (Fsp3) is 0.300. The van der Waals surface area contributed by atoms with Crippen LogP contribution in [0.1, 0.15) is 5.56 Å². The molecular weight excluding hydrogens is 296 g/mol. The molecule has 0 bridgehead atoms. The zero-order valence-electron chi connectivity index (χ0n) is 14.2. The van der Waals surface area contributed by atoms with E-state index in [0.29, 0.717) is 0 Å². The number of rotatable bonds is 2. The lowest BCUT2D eigenvalue weighted by molar-refractivity contribution is 0.312. The van der Waals surface area contributed by atoms with Crippen LogP contribution in [0.4, 0.5) is 5.69 Å². The van der Waals surface area contributed by atoms with E-state index < -0.39 is 0 Å². The fourth-order valence-corrected chi connectivity index (χ4v) is 3.44. The third kappa shape index (κ3) is 2.74. The maximum absolute atomic E-state index is 4.53. The number of hydrogen-bond donors (Lipinski definition) is 0. The van der Waals surface area contributed by atoms with Crippen molar-refractivity contribution in [2.75, 3.05) is 38.1 Å². The van der Waals surface area contributed by atoms with Gasteiger partial charge in [-0.1, -0.05) is 6.07 Å². The number of hydrogen-bond acceptors (Lipinski definition) is 4. The van der Waals surface area contributed by atoms with Gasteiger partial charge < -0.3 is 9.80 Å². The Morgan fingerprint density at radius 1 is 0.917 bits per heavy atom. The third-order valence-electron chi connectivity index (χ3n) is 4.85. The molecule has 0 spiro atoms. The number of nitrogens with zero attached hydrogens (tertiary/aromatic N) is 4. The molecule has 1 aromatic carbocycles. The van der Waals surface area contributed by atoms with Gasteiger partial charge in [0, 0.05) is 49.8 Å². The average Bonchev–Trinajstić information content (AvgIpc) is 2.62. The fourth-order valence-electron chi connectivity index (χ4n) is 3.44. The molecule has 4 nitrogen and oxygen atoms in total. The summed E-state index contributed by atoms with van der Waals surface area (Å²) in [6, 6.07) is 12.7. The van der Waals surface area contributed by atoms with Crippen LogP contribution in [-0.2, 0) is 0 Å². The number of anilines is 1. The molecule has 1 aliphatic rings. The summed E-state index contributed by atoms with van der Waals surface area (Å²) >= 11 is 0. The molecule has 0 atom stereocenters. The van der Waals surface area contributed by atoms with Crippen LogP contribution < -0.4 is 4.90 Å². The van der Waals surface area contributed by atoms with Gasteiger partial charge in [0.25, 0.3) is 0 Å². The predicted octanol–water partition coefficient (Wildman–Crippen LogP) is 3.36. The van der Waals surface area contributed by atoms with Gasteiger partial charge in [0.05, 0.1) is 11.0 Å². The Labute approximate surface area is 142 Å². The molecule has 0 unspecified atom stereocenters. The zero-order chi connectivity index (χ0) is 16.5. The molecule has 2 aromatic heterocycles. The van der Waals surface area contributed by atoms with E-state index in [1.54, 1.807) is 0 Å². The topological polar surface area (TPSA) is 32.3 Å². The number of aryl methyl sites for hydroxylation is 1. The summed E-state index contributed by atoms with van der Waals surface area (Å²) in [7, 11) is 2.19. The van der Waals surface area contributed by atoms with Crippen LogP contribution in [0.5, 0.6) is 0 Å². The van der Waals surface area contributed by atoms with E-state index >= 15 is 0 Å². The van der Waals surface area contributed by atoms with Crippen LogP contribution in [0.25, 0.3) is 22.2 Å². The Morgan fingerprint density at radius 3 is 2.54 bits per heavy atom. The van der Waals surface area contributed by atoms with Crippen molar-refractivity contribution in [1.82, 2.24) is 14.9 Å². The Balaban J connectivity index is 1.71. The normalized spacial score (nSPS) is 15.8. The van der Waals surface area contributed by atoms with Crippen LogP contribution in [0.2, 0.25) is 0 Å². The van der Waals surface area contributed by atoms with Gasteiger partial charge in [-0.2, -0.15) is 0 Å². The molecule has 4 rings (SSSR count). The number of piperazine rings is 1. The second kappa shape index (κ2) is 6.21. The lowest BCUT2D eigenvalue weighted by Gasteiger charge is -2.35. The van der Waals surface area contributed by atoms with E-state index in [1.165, 1.54) is 16.8 Å². The molecule has 0 saturated carbocycles. The summed E-state index contributed by atoms with van der Waals surface area (Å²) < 4.78 is 0. The van der Waals surface area contributed by atoms with Crippen molar-refractivity contribution in [2.45, 2.75) is 6.92 Å². The molecule has 0 radical (unpaired) electrons. The minimum atomic E-state index is 0.941. The quantitative estimate of drug-likeness (QED) is 0.725. The highest BCUT2D eigenvalue weighted by molar-refractivity contribution is 5.91. The van der Waals surface area contributed by atoms with Gasteiger partial charge in [-0.25, -0.2) is 0 Å². The lowest BCUT2D eigenvalue weighted by atomic mass is 10.0. The molecule has 24 heavy (non-hydrogen) atoms. The summed E-state index contributed by atoms with van der Waals surface area (Å²) in [5.74, 6) is 0. The molecule has 0 N–H and O–H groups in total. The van der Waals surface area contributed by atoms with Crippen molar-refractivity contribution in [1.29, 1.82) is 0 Å². The Kier molecular flexibility index (Phi) is 3.90. The molecule has 0 aliphatic carbocycles. The number of benzene rings is 1. The second-order valence-corrected chi connectivity index (χ2v) is 6.52. The minimum absolute atomic E-state index is 0.941. The van der Waals surface area contributed by atoms with Crippen molar-refractivity contribution in [2.24, 2.45) is 0 Å². The molecule has 122 valence electrons. The molecule has 4 heteroatoms. The number of aromatic nitrogens is 2. The molecule has 1 fully saturated rings. The first kappa shape index (κ1) is 15.1. The van der Waals surface area contributed by atoms with Gasteiger partial charge >= 0.3 is 0 Å². The predicted molar refractivity (Wildman–Crippen MR) is 99.4 cm³/mol. The Morgan fingerprint density at radius 2 is 1.75 bits per heavy atom. The third-order valence-corrected chi connectivity index (χ3v) is 4.85. The summed E-state index contributed by atoms with van der Waals surface area (Å²) in [5, 5.41) is 0. The summed E-state index contributed by atoms with van der Waals surface area (Å²) in [6.45, 7) is 6.64. The second-order valence-electron chi connectivity index (χ2n) is 6.52. The lowest BCUT2D eigenvalue weighted by Crippen LogP contribution is -2.44. The molecular formula is C20H22N4. The standard InChI is InChI=1S/C20H22N4/c1-15-14-16(5-6-19(15)24-12-10-23(2)11-13-24)17-7-9-21-18-4-3-8-22-20(17)18/h3-9,14H,10-13H2,1-2H3. The maximum atomic E-state index is 4.53. The van der Waals surface area contributed by atoms with E-state index in [9.17, 15) is 0 Å². The highest BCUT2D eigenvalue weighted by Crippen LogP contribution is 2.30. The zero-order valence-corrected chi connectivity index (χ0v) is 14.2. The highest BCUT2D eigenvalue weighted by atomic mass is 15.2. The molecule has 3 heterocycles. The van der Waals surface area contributed by atoms with E-state index in [0.717, 1.165) is 42.8 Å². The van der Waals surface area contributed by atoms with Crippen molar-refractivity contribution >= 4 is 16.7 Å². The van der Waals surface area contributed by atoms with Crippen LogP contribution >= 0.6 is 0 Å². The molecule has 1 aliphatic heterocycles. The van der Waals surface area contributed by atoms with Gasteiger partial charge in [-0.3, -0.25) is 9.97 Å². The van der Waals surface area contributed by atoms with Crippen molar-refractivity contribution in [3.8, 4) is 11.1 Å². The monoisotopic (exact) mass is 318 g/mol. The van der Waals surface area contributed by atoms with Crippen LogP contribution in [-0.4, -0.2) is 48.1 Å². The van der Waals surface area contributed by atoms with Gasteiger partial charge in [-0.15, -0.1) is 0 Å². The highest BCUT2D eigenvalue weighted by Gasteiger charge is 2.16. The van der Waals surface area contributed by atoms with E-state index in [2.05, 4.69) is 58.0 Å². The molecule has 0 amide bonds. The van der Waals surface area contributed by atoms with Gasteiger partial charge in [0.2, 0.25) is 0 Å². The number of likely N-dealkylation sites (N-methyl/N-ethyl adjacent to an activating group) is 1. The van der Waals surface area contributed by atoms with Crippen LogP contribution in [0.3, 0.4) is 0 Å². The first-order valence-electron chi connectivity index (χ1n) is 8.46. The molecule has 3 aromatic rings. The SMILES string of the molecule is Cc1cc(-c2ccnc3cccnc23)ccc1N1CCN(C)CC1. The summed E-state index contributed by atoms with van der Waals surface area (Å²) in [6.07, 6.45) is 3.70. The molecule has 1 saturated heterocycles. The number of fused-ring (bicyclic) bond motifs is 1. The van der Waals surface area contributed by atoms with Gasteiger partial charge in [0.1, 0.15) is 0 Å². The Bertz CT molecular complexity index is 861. The summed E-state index contributed by atoms with van der Waals surface area (Å²) in [5.41, 5.74) is 6.92. The Hall–Kier alpha value is -2.46. The van der Waals surface area contributed by atoms with E-state index in [1.807, 2.05) is 24.5 Å². The van der Waals surface area contributed by atoms with Crippen molar-refractivity contribution in [3.05, 3.63) is 54.4 Å². The van der Waals surface area contributed by atoms with Crippen molar-refractivity contribution < 1.29 is 0 Å². The van der Waals surface area contributed by atoms with Crippen molar-refractivity contribution in [3.63, 3.8) is 0 Å². The summed E-state index contributed by atoms with van der Waals surface area (Å²) in [4.78, 5) is 13.8. The first-order chi connectivity index (χ1) is 11.7. The minimum Gasteiger partial charge on any atom is -0.369 e. The van der Waals surface area contributed by atoms with E-state index in [4.69, 9.17) is 0 Å². The van der Waals surface area contributed by atoms with E-state index in [-0.39, 0.29) is 0 Å². The van der Waals surface area contributed by atoms with Gasteiger partial charge in [-0.05, 0) is 55.4 Å². The number of pyridine rings is 2. The largest absolute Gasteiger partial charge is 0.369 e. The van der Waals surface area contributed by atoms with Gasteiger partial charge in [0.15, 0.2) is 0 Å².